The molecule has 0 aliphatic carbocycles. The van der Waals surface area contributed by atoms with E-state index in [1.165, 1.54) is 18.4 Å². The monoisotopic (exact) mass is 250 g/mol. The average Bonchev–Trinajstić information content (AvgIpc) is 2.77. The Labute approximate surface area is 103 Å². The highest BCUT2D eigenvalue weighted by molar-refractivity contribution is 7.13. The third-order valence-electron chi connectivity index (χ3n) is 1.89. The second-order valence-corrected chi connectivity index (χ2v) is 3.88. The molecule has 0 radical (unpaired) electrons. The number of esters is 1. The van der Waals surface area contributed by atoms with Gasteiger partial charge in [0.2, 0.25) is 0 Å². The van der Waals surface area contributed by atoms with E-state index in [9.17, 15) is 4.79 Å². The molecule has 6 nitrogen and oxygen atoms in total. The Bertz CT molecular complexity index is 455. The Kier molecular flexibility index (Phi) is 4.92. The van der Waals surface area contributed by atoms with E-state index in [-0.39, 0.29) is 25.5 Å². The molecule has 17 heavy (non-hydrogen) atoms. The Morgan fingerprint density at radius 3 is 2.71 bits per heavy atom. The molecule has 0 aromatic carbocycles. The SMILES string of the molecule is COC(=O)Cc1csc(N(CC#N)CC#N)n1. The first-order valence-electron chi connectivity index (χ1n) is 4.71. The van der Waals surface area contributed by atoms with Gasteiger partial charge in [0.05, 0.1) is 31.4 Å². The summed E-state index contributed by atoms with van der Waals surface area (Å²) in [5.41, 5.74) is 0.581. The van der Waals surface area contributed by atoms with Crippen LogP contribution in [0.3, 0.4) is 0 Å². The number of nitriles is 2. The number of carbonyl (C=O) groups is 1. The van der Waals surface area contributed by atoms with Crippen LogP contribution in [0, 0.1) is 22.7 Å². The fourth-order valence-electron chi connectivity index (χ4n) is 1.10. The number of aromatic nitrogens is 1. The average molecular weight is 250 g/mol. The number of hydrogen-bond donors (Lipinski definition) is 0. The Hall–Kier alpha value is -2.12. The van der Waals surface area contributed by atoms with Crippen molar-refractivity contribution in [1.82, 2.24) is 4.98 Å². The van der Waals surface area contributed by atoms with Gasteiger partial charge < -0.3 is 9.64 Å². The minimum absolute atomic E-state index is 0.0960. The molecule has 1 aromatic heterocycles. The van der Waals surface area contributed by atoms with E-state index in [1.54, 1.807) is 10.3 Å². The van der Waals surface area contributed by atoms with E-state index < -0.39 is 0 Å². The number of nitrogens with zero attached hydrogens (tertiary/aromatic N) is 4. The van der Waals surface area contributed by atoms with Gasteiger partial charge >= 0.3 is 5.97 Å². The summed E-state index contributed by atoms with van der Waals surface area (Å²) in [6.07, 6.45) is 0.0972. The van der Waals surface area contributed by atoms with Gasteiger partial charge in [-0.25, -0.2) is 4.98 Å². The molecule has 0 bridgehead atoms. The zero-order chi connectivity index (χ0) is 12.7. The quantitative estimate of drug-likeness (QED) is 0.564. The molecule has 88 valence electrons. The van der Waals surface area contributed by atoms with Gasteiger partial charge in [-0.3, -0.25) is 4.79 Å². The van der Waals surface area contributed by atoms with Crippen LogP contribution in [0.1, 0.15) is 5.69 Å². The number of methoxy groups -OCH3 is 1. The van der Waals surface area contributed by atoms with Gasteiger partial charge in [0.25, 0.3) is 0 Å². The summed E-state index contributed by atoms with van der Waals surface area (Å²) < 4.78 is 4.53. The summed E-state index contributed by atoms with van der Waals surface area (Å²) in [5.74, 6) is -0.367. The first-order chi connectivity index (χ1) is 8.21. The number of hydrogen-bond acceptors (Lipinski definition) is 7. The first-order valence-corrected chi connectivity index (χ1v) is 5.59. The van der Waals surface area contributed by atoms with Crippen LogP contribution < -0.4 is 4.90 Å². The molecule has 0 unspecified atom stereocenters. The lowest BCUT2D eigenvalue weighted by molar-refractivity contribution is -0.139. The highest BCUT2D eigenvalue weighted by Crippen LogP contribution is 2.20. The molecule has 1 aromatic rings. The normalized spacial score (nSPS) is 9.12. The van der Waals surface area contributed by atoms with Gasteiger partial charge in [0.15, 0.2) is 5.13 Å². The Morgan fingerprint density at radius 1 is 1.53 bits per heavy atom. The summed E-state index contributed by atoms with van der Waals surface area (Å²) in [6, 6.07) is 3.92. The molecule has 0 saturated carbocycles. The second-order valence-electron chi connectivity index (χ2n) is 3.05. The van der Waals surface area contributed by atoms with Crippen molar-refractivity contribution in [3.8, 4) is 12.1 Å². The molecular formula is C10H10N4O2S. The van der Waals surface area contributed by atoms with Crippen molar-refractivity contribution in [3.05, 3.63) is 11.1 Å². The van der Waals surface area contributed by atoms with Gasteiger partial charge in [-0.15, -0.1) is 11.3 Å². The van der Waals surface area contributed by atoms with Crippen molar-refractivity contribution >= 4 is 22.4 Å². The minimum Gasteiger partial charge on any atom is -0.469 e. The zero-order valence-electron chi connectivity index (χ0n) is 9.21. The second kappa shape index (κ2) is 6.46. The van der Waals surface area contributed by atoms with Crippen molar-refractivity contribution in [2.24, 2.45) is 0 Å². The molecule has 0 saturated heterocycles. The third-order valence-corrected chi connectivity index (χ3v) is 2.84. The molecule has 7 heteroatoms. The van der Waals surface area contributed by atoms with Gasteiger partial charge in [0.1, 0.15) is 13.1 Å². The highest BCUT2D eigenvalue weighted by atomic mass is 32.1. The smallest absolute Gasteiger partial charge is 0.311 e. The summed E-state index contributed by atoms with van der Waals surface area (Å²) in [6.45, 7) is 0.192. The van der Waals surface area contributed by atoms with E-state index in [0.29, 0.717) is 10.8 Å². The summed E-state index contributed by atoms with van der Waals surface area (Å²) in [5, 5.41) is 19.5. The molecule has 0 fully saturated rings. The largest absolute Gasteiger partial charge is 0.469 e. The lowest BCUT2D eigenvalue weighted by atomic mass is 10.3. The van der Waals surface area contributed by atoms with Crippen molar-refractivity contribution < 1.29 is 9.53 Å². The predicted molar refractivity (Wildman–Crippen MR) is 61.3 cm³/mol. The maximum atomic E-state index is 11.0. The predicted octanol–water partition coefficient (Wildman–Crippen LogP) is 0.712. The maximum absolute atomic E-state index is 11.0. The van der Waals surface area contributed by atoms with Crippen LogP contribution in [0.2, 0.25) is 0 Å². The van der Waals surface area contributed by atoms with E-state index in [1.807, 2.05) is 12.1 Å². The molecule has 0 aliphatic rings. The minimum atomic E-state index is -0.367. The lowest BCUT2D eigenvalue weighted by Gasteiger charge is -2.12. The van der Waals surface area contributed by atoms with Crippen LogP contribution in [0.15, 0.2) is 5.38 Å². The van der Waals surface area contributed by atoms with Crippen molar-refractivity contribution in [2.45, 2.75) is 6.42 Å². The zero-order valence-corrected chi connectivity index (χ0v) is 10.0. The first kappa shape index (κ1) is 12.9. The van der Waals surface area contributed by atoms with Gasteiger partial charge in [-0.1, -0.05) is 0 Å². The van der Waals surface area contributed by atoms with Crippen molar-refractivity contribution in [1.29, 1.82) is 10.5 Å². The summed E-state index contributed by atoms with van der Waals surface area (Å²) in [4.78, 5) is 16.8. The van der Waals surface area contributed by atoms with Crippen LogP contribution in [0.5, 0.6) is 0 Å². The van der Waals surface area contributed by atoms with E-state index in [2.05, 4.69) is 9.72 Å². The van der Waals surface area contributed by atoms with Gasteiger partial charge in [-0.2, -0.15) is 10.5 Å². The lowest BCUT2D eigenvalue weighted by Crippen LogP contribution is -2.23. The number of thiazole rings is 1. The fraction of sp³-hybridized carbons (Fsp3) is 0.400. The van der Waals surface area contributed by atoms with E-state index in [4.69, 9.17) is 10.5 Å². The molecule has 0 N–H and O–H groups in total. The number of ether oxygens (including phenoxy) is 1. The maximum Gasteiger partial charge on any atom is 0.311 e. The van der Waals surface area contributed by atoms with Crippen LogP contribution in [-0.2, 0) is 16.0 Å². The molecule has 0 amide bonds. The van der Waals surface area contributed by atoms with Crippen molar-refractivity contribution in [2.75, 3.05) is 25.1 Å². The van der Waals surface area contributed by atoms with Crippen LogP contribution >= 0.6 is 11.3 Å². The molecule has 0 spiro atoms. The van der Waals surface area contributed by atoms with E-state index >= 15 is 0 Å². The fourth-order valence-corrected chi connectivity index (χ4v) is 1.93. The molecule has 0 atom stereocenters. The molecule has 1 heterocycles. The molecule has 1 rings (SSSR count). The number of anilines is 1. The van der Waals surface area contributed by atoms with Gasteiger partial charge in [-0.05, 0) is 0 Å². The third kappa shape index (κ3) is 3.74. The Balaban J connectivity index is 2.75. The summed E-state index contributed by atoms with van der Waals surface area (Å²) >= 11 is 1.29. The van der Waals surface area contributed by atoms with Crippen molar-refractivity contribution in [3.63, 3.8) is 0 Å². The highest BCUT2D eigenvalue weighted by Gasteiger charge is 2.12. The number of rotatable bonds is 5. The standard InChI is InChI=1S/C10H10N4O2S/c1-16-9(15)6-8-7-17-10(13-8)14(4-2-11)5-3-12/h7H,4-6H2,1H3. The summed E-state index contributed by atoms with van der Waals surface area (Å²) in [7, 11) is 1.31. The van der Waals surface area contributed by atoms with Crippen LogP contribution in [0.4, 0.5) is 5.13 Å². The van der Waals surface area contributed by atoms with Gasteiger partial charge in [0, 0.05) is 5.38 Å². The topological polar surface area (TPSA) is 90.0 Å². The number of carbonyl (C=O) groups excluding carboxylic acids is 1. The Morgan fingerprint density at radius 2 is 2.18 bits per heavy atom. The van der Waals surface area contributed by atoms with E-state index in [0.717, 1.165) is 0 Å². The van der Waals surface area contributed by atoms with Crippen LogP contribution in [0.25, 0.3) is 0 Å². The molecular weight excluding hydrogens is 240 g/mol. The molecule has 0 aliphatic heterocycles. The van der Waals surface area contributed by atoms with Crippen LogP contribution in [-0.4, -0.2) is 31.2 Å².